The molecule has 0 bridgehead atoms. The normalized spacial score (nSPS) is 12.1. The van der Waals surface area contributed by atoms with Crippen molar-refractivity contribution in [1.29, 1.82) is 0 Å². The van der Waals surface area contributed by atoms with Gasteiger partial charge >= 0.3 is 17.9 Å². The molecule has 0 N–H and O–H groups in total. The molecule has 0 aromatic carbocycles. The van der Waals surface area contributed by atoms with Gasteiger partial charge in [0.05, 0.1) is 0 Å². The van der Waals surface area contributed by atoms with Crippen molar-refractivity contribution in [1.82, 2.24) is 0 Å². The molecule has 0 radical (unpaired) electrons. The van der Waals surface area contributed by atoms with Crippen molar-refractivity contribution in [3.8, 4) is 0 Å². The summed E-state index contributed by atoms with van der Waals surface area (Å²) in [5.41, 5.74) is 0. The maximum atomic E-state index is 12.8. The number of hydrogen-bond acceptors (Lipinski definition) is 6. The van der Waals surface area contributed by atoms with E-state index in [4.69, 9.17) is 14.2 Å². The van der Waals surface area contributed by atoms with E-state index in [0.29, 0.717) is 19.3 Å². The van der Waals surface area contributed by atoms with Crippen molar-refractivity contribution >= 4 is 17.9 Å². The number of carbonyl (C=O) groups excluding carboxylic acids is 3. The second kappa shape index (κ2) is 52.5. The smallest absolute Gasteiger partial charge is 0.306 e. The summed E-state index contributed by atoms with van der Waals surface area (Å²) >= 11 is 0. The van der Waals surface area contributed by atoms with Crippen LogP contribution in [0.25, 0.3) is 0 Å². The van der Waals surface area contributed by atoms with E-state index in [1.165, 1.54) is 199 Å². The van der Waals surface area contributed by atoms with Gasteiger partial charge in [-0.15, -0.1) is 0 Å². The van der Waals surface area contributed by atoms with E-state index in [1.807, 2.05) is 0 Å². The van der Waals surface area contributed by atoms with Crippen molar-refractivity contribution in [2.45, 2.75) is 309 Å². The molecule has 0 saturated heterocycles. The topological polar surface area (TPSA) is 78.9 Å². The Morgan fingerprint density at radius 3 is 0.794 bits per heavy atom. The van der Waals surface area contributed by atoms with Gasteiger partial charge in [0.2, 0.25) is 0 Å². The number of rotatable bonds is 51. The number of carbonyl (C=O) groups is 3. The Morgan fingerprint density at radius 1 is 0.302 bits per heavy atom. The quantitative estimate of drug-likeness (QED) is 0.0262. The Kier molecular flexibility index (Phi) is 50.8. The summed E-state index contributed by atoms with van der Waals surface area (Å²) in [6.07, 6.45) is 60.3. The fourth-order valence-electron chi connectivity index (χ4n) is 8.20. The van der Waals surface area contributed by atoms with Crippen LogP contribution < -0.4 is 0 Å². The minimum absolute atomic E-state index is 0.0717. The molecular formula is C57H106O6. The van der Waals surface area contributed by atoms with E-state index < -0.39 is 6.10 Å². The highest BCUT2D eigenvalue weighted by Crippen LogP contribution is 2.16. The fraction of sp³-hybridized carbons (Fsp3) is 0.877. The molecule has 0 aliphatic carbocycles. The average Bonchev–Trinajstić information content (AvgIpc) is 3.28. The molecule has 0 aromatic rings. The lowest BCUT2D eigenvalue weighted by molar-refractivity contribution is -0.167. The van der Waals surface area contributed by atoms with Crippen molar-refractivity contribution in [2.24, 2.45) is 0 Å². The van der Waals surface area contributed by atoms with Crippen LogP contribution >= 0.6 is 0 Å². The van der Waals surface area contributed by atoms with Gasteiger partial charge in [0.15, 0.2) is 6.10 Å². The van der Waals surface area contributed by atoms with Crippen LogP contribution in [-0.2, 0) is 28.6 Å². The summed E-state index contributed by atoms with van der Waals surface area (Å²) in [4.78, 5) is 38.0. The van der Waals surface area contributed by atoms with E-state index in [0.717, 1.165) is 64.2 Å². The van der Waals surface area contributed by atoms with E-state index in [2.05, 4.69) is 45.1 Å². The zero-order valence-corrected chi connectivity index (χ0v) is 42.4. The van der Waals surface area contributed by atoms with Crippen LogP contribution in [0.5, 0.6) is 0 Å². The molecule has 0 rings (SSSR count). The van der Waals surface area contributed by atoms with Crippen LogP contribution in [0.4, 0.5) is 0 Å². The summed E-state index contributed by atoms with van der Waals surface area (Å²) in [7, 11) is 0. The molecule has 0 saturated carbocycles. The van der Waals surface area contributed by atoms with E-state index in [9.17, 15) is 14.4 Å². The van der Waals surface area contributed by atoms with Crippen molar-refractivity contribution in [3.63, 3.8) is 0 Å². The Balaban J connectivity index is 4.24. The van der Waals surface area contributed by atoms with Crippen LogP contribution in [0.2, 0.25) is 0 Å². The summed E-state index contributed by atoms with van der Waals surface area (Å²) in [5, 5.41) is 0. The molecule has 0 spiro atoms. The summed E-state index contributed by atoms with van der Waals surface area (Å²) in [6, 6.07) is 0. The molecule has 370 valence electrons. The molecule has 1 unspecified atom stereocenters. The summed E-state index contributed by atoms with van der Waals surface area (Å²) in [6.45, 7) is 6.64. The minimum atomic E-state index is -0.771. The standard InChI is InChI=1S/C57H106O6/c1-4-7-10-13-16-19-21-23-25-26-27-28-29-30-32-33-35-38-41-44-47-50-56(59)62-53-54(52-61-55(58)49-46-43-40-37-18-15-12-9-6-3)63-57(60)51-48-45-42-39-36-34-31-24-22-20-17-14-11-8-5-2/h24,26-27,31,54H,4-23,25,28-30,32-53H2,1-3H3/b27-26-,31-24-. The van der Waals surface area contributed by atoms with E-state index in [1.54, 1.807) is 0 Å². The Morgan fingerprint density at radius 2 is 0.524 bits per heavy atom. The number of allylic oxidation sites excluding steroid dienone is 4. The lowest BCUT2D eigenvalue weighted by Gasteiger charge is -2.18. The van der Waals surface area contributed by atoms with Crippen molar-refractivity contribution in [3.05, 3.63) is 24.3 Å². The van der Waals surface area contributed by atoms with Gasteiger partial charge < -0.3 is 14.2 Å². The van der Waals surface area contributed by atoms with Crippen LogP contribution in [0.15, 0.2) is 24.3 Å². The predicted octanol–water partition coefficient (Wildman–Crippen LogP) is 18.3. The van der Waals surface area contributed by atoms with Crippen LogP contribution in [-0.4, -0.2) is 37.2 Å². The molecule has 0 aliphatic heterocycles. The minimum Gasteiger partial charge on any atom is -0.462 e. The second-order valence-corrected chi connectivity index (χ2v) is 18.8. The summed E-state index contributed by atoms with van der Waals surface area (Å²) < 4.78 is 16.8. The molecule has 6 heteroatoms. The lowest BCUT2D eigenvalue weighted by Crippen LogP contribution is -2.30. The van der Waals surface area contributed by atoms with Gasteiger partial charge in [-0.1, -0.05) is 238 Å². The Hall–Kier alpha value is -2.11. The first-order chi connectivity index (χ1) is 31.0. The first kappa shape index (κ1) is 60.9. The van der Waals surface area contributed by atoms with Crippen molar-refractivity contribution in [2.75, 3.05) is 13.2 Å². The Bertz CT molecular complexity index is 1020. The third-order valence-electron chi connectivity index (χ3n) is 12.4. The SMILES string of the molecule is CCCCCCCC/C=C\CCCCCCCC(=O)OC(COC(=O)CCCCCCCCCCC)COC(=O)CCCCCCCCCCC/C=C\CCCCCCCCCC. The van der Waals surface area contributed by atoms with Gasteiger partial charge in [-0.05, 0) is 70.6 Å². The highest BCUT2D eigenvalue weighted by atomic mass is 16.6. The molecule has 0 amide bonds. The lowest BCUT2D eigenvalue weighted by atomic mass is 10.1. The number of hydrogen-bond donors (Lipinski definition) is 0. The first-order valence-electron chi connectivity index (χ1n) is 27.8. The molecule has 0 heterocycles. The van der Waals surface area contributed by atoms with Crippen LogP contribution in [0.1, 0.15) is 303 Å². The third-order valence-corrected chi connectivity index (χ3v) is 12.4. The molecule has 0 fully saturated rings. The largest absolute Gasteiger partial charge is 0.462 e. The average molecular weight is 887 g/mol. The van der Waals surface area contributed by atoms with Crippen molar-refractivity contribution < 1.29 is 28.6 Å². The zero-order valence-electron chi connectivity index (χ0n) is 42.4. The van der Waals surface area contributed by atoms with Crippen LogP contribution in [0.3, 0.4) is 0 Å². The molecular weight excluding hydrogens is 781 g/mol. The number of esters is 3. The molecule has 0 aliphatic rings. The van der Waals surface area contributed by atoms with Gasteiger partial charge in [-0.2, -0.15) is 0 Å². The molecule has 1 atom stereocenters. The van der Waals surface area contributed by atoms with Crippen LogP contribution in [0, 0.1) is 0 Å². The third kappa shape index (κ3) is 50.7. The van der Waals surface area contributed by atoms with Gasteiger partial charge in [-0.3, -0.25) is 14.4 Å². The zero-order chi connectivity index (χ0) is 45.8. The highest BCUT2D eigenvalue weighted by molar-refractivity contribution is 5.71. The second-order valence-electron chi connectivity index (χ2n) is 18.8. The van der Waals surface area contributed by atoms with Gasteiger partial charge in [0.1, 0.15) is 13.2 Å². The van der Waals surface area contributed by atoms with Gasteiger partial charge in [0.25, 0.3) is 0 Å². The van der Waals surface area contributed by atoms with E-state index >= 15 is 0 Å². The fourth-order valence-corrected chi connectivity index (χ4v) is 8.20. The maximum absolute atomic E-state index is 12.8. The van der Waals surface area contributed by atoms with Gasteiger partial charge in [-0.25, -0.2) is 0 Å². The first-order valence-corrected chi connectivity index (χ1v) is 27.8. The molecule has 63 heavy (non-hydrogen) atoms. The predicted molar refractivity (Wildman–Crippen MR) is 270 cm³/mol. The summed E-state index contributed by atoms with van der Waals surface area (Å²) in [5.74, 6) is -0.870. The highest BCUT2D eigenvalue weighted by Gasteiger charge is 2.19. The molecule has 0 aromatic heterocycles. The Labute approximate surface area is 392 Å². The monoisotopic (exact) mass is 887 g/mol. The molecule has 6 nitrogen and oxygen atoms in total. The van der Waals surface area contributed by atoms with Gasteiger partial charge in [0, 0.05) is 19.3 Å². The van der Waals surface area contributed by atoms with E-state index in [-0.39, 0.29) is 31.1 Å². The maximum Gasteiger partial charge on any atom is 0.306 e. The number of unbranched alkanes of at least 4 members (excludes halogenated alkanes) is 36. The number of ether oxygens (including phenoxy) is 3.